The van der Waals surface area contributed by atoms with Crippen LogP contribution < -0.4 is 11.1 Å². The van der Waals surface area contributed by atoms with Crippen LogP contribution in [0.25, 0.3) is 0 Å². The maximum atomic E-state index is 12.0. The van der Waals surface area contributed by atoms with Crippen LogP contribution in [0.3, 0.4) is 0 Å². The van der Waals surface area contributed by atoms with E-state index in [2.05, 4.69) is 15.3 Å². The lowest BCUT2D eigenvalue weighted by atomic mass is 10.00. The van der Waals surface area contributed by atoms with E-state index in [1.54, 1.807) is 18.3 Å². The van der Waals surface area contributed by atoms with Crippen LogP contribution >= 0.6 is 0 Å². The number of nitrogens with zero attached hydrogens (tertiary/aromatic N) is 2. The molecule has 1 aromatic carbocycles. The third kappa shape index (κ3) is 3.51. The minimum Gasteiger partial charge on any atom is -0.399 e. The van der Waals surface area contributed by atoms with E-state index in [1.807, 2.05) is 25.1 Å². The predicted molar refractivity (Wildman–Crippen MR) is 73.1 cm³/mol. The fourth-order valence-electron chi connectivity index (χ4n) is 1.73. The summed E-state index contributed by atoms with van der Waals surface area (Å²) in [4.78, 5) is 19.9. The van der Waals surface area contributed by atoms with Crippen LogP contribution in [0.5, 0.6) is 0 Å². The smallest absolute Gasteiger partial charge is 0.227 e. The van der Waals surface area contributed by atoms with E-state index in [4.69, 9.17) is 5.73 Å². The molecule has 0 fully saturated rings. The van der Waals surface area contributed by atoms with E-state index in [9.17, 15) is 4.79 Å². The van der Waals surface area contributed by atoms with Gasteiger partial charge >= 0.3 is 0 Å². The number of nitrogens with one attached hydrogen (secondary N) is 1. The highest BCUT2D eigenvalue weighted by Crippen LogP contribution is 2.17. The van der Waals surface area contributed by atoms with Crippen molar-refractivity contribution >= 4 is 11.6 Å². The zero-order valence-electron chi connectivity index (χ0n) is 10.7. The molecule has 2 aromatic rings. The van der Waals surface area contributed by atoms with Crippen LogP contribution in [-0.2, 0) is 11.3 Å². The first-order chi connectivity index (χ1) is 9.16. The Balaban J connectivity index is 1.96. The SMILES string of the molecule is CC(C(=O)NCc1ccncn1)c1cccc(N)c1. The van der Waals surface area contributed by atoms with Crippen molar-refractivity contribution in [1.29, 1.82) is 0 Å². The van der Waals surface area contributed by atoms with Gasteiger partial charge in [-0.1, -0.05) is 12.1 Å². The molecular weight excluding hydrogens is 240 g/mol. The molecule has 0 saturated heterocycles. The summed E-state index contributed by atoms with van der Waals surface area (Å²) in [6.45, 7) is 2.25. The Labute approximate surface area is 111 Å². The number of anilines is 1. The molecule has 2 rings (SSSR count). The highest BCUT2D eigenvalue weighted by molar-refractivity contribution is 5.83. The Bertz CT molecular complexity index is 556. The van der Waals surface area contributed by atoms with Gasteiger partial charge in [0.2, 0.25) is 5.91 Å². The van der Waals surface area contributed by atoms with Gasteiger partial charge in [-0.2, -0.15) is 0 Å². The molecule has 1 aromatic heterocycles. The Morgan fingerprint density at radius 1 is 1.42 bits per heavy atom. The maximum absolute atomic E-state index is 12.0. The van der Waals surface area contributed by atoms with Gasteiger partial charge < -0.3 is 11.1 Å². The zero-order valence-corrected chi connectivity index (χ0v) is 10.7. The summed E-state index contributed by atoms with van der Waals surface area (Å²) in [5.41, 5.74) is 8.06. The van der Waals surface area contributed by atoms with E-state index >= 15 is 0 Å². The van der Waals surface area contributed by atoms with Gasteiger partial charge in [0.05, 0.1) is 18.2 Å². The summed E-state index contributed by atoms with van der Waals surface area (Å²) < 4.78 is 0. The van der Waals surface area contributed by atoms with Crippen molar-refractivity contribution in [2.24, 2.45) is 0 Å². The molecule has 98 valence electrons. The van der Waals surface area contributed by atoms with Crippen molar-refractivity contribution in [3.05, 3.63) is 54.1 Å². The molecule has 1 unspecified atom stereocenters. The summed E-state index contributed by atoms with van der Waals surface area (Å²) in [6, 6.07) is 9.12. The quantitative estimate of drug-likeness (QED) is 0.812. The Morgan fingerprint density at radius 2 is 2.26 bits per heavy atom. The van der Waals surface area contributed by atoms with E-state index < -0.39 is 0 Å². The number of nitrogen functional groups attached to an aromatic ring is 1. The summed E-state index contributed by atoms with van der Waals surface area (Å²) in [6.07, 6.45) is 3.11. The van der Waals surface area contributed by atoms with Crippen LogP contribution in [0.15, 0.2) is 42.9 Å². The fourth-order valence-corrected chi connectivity index (χ4v) is 1.73. The van der Waals surface area contributed by atoms with Crippen molar-refractivity contribution in [2.45, 2.75) is 19.4 Å². The Hall–Kier alpha value is -2.43. The molecule has 0 spiro atoms. The number of aromatic nitrogens is 2. The van der Waals surface area contributed by atoms with Crippen molar-refractivity contribution in [2.75, 3.05) is 5.73 Å². The zero-order chi connectivity index (χ0) is 13.7. The van der Waals surface area contributed by atoms with Gasteiger partial charge in [0.25, 0.3) is 0 Å². The molecule has 1 amide bonds. The second kappa shape index (κ2) is 5.95. The van der Waals surface area contributed by atoms with Crippen molar-refractivity contribution in [3.8, 4) is 0 Å². The normalized spacial score (nSPS) is 11.8. The molecular formula is C14H16N4O. The van der Waals surface area contributed by atoms with Gasteiger partial charge in [-0.15, -0.1) is 0 Å². The van der Waals surface area contributed by atoms with Gasteiger partial charge in [0.15, 0.2) is 0 Å². The average Bonchev–Trinajstić information content (AvgIpc) is 2.45. The van der Waals surface area contributed by atoms with Crippen LogP contribution in [0, 0.1) is 0 Å². The molecule has 0 bridgehead atoms. The molecule has 1 atom stereocenters. The van der Waals surface area contributed by atoms with Crippen LogP contribution in [0.4, 0.5) is 5.69 Å². The number of carbonyl (C=O) groups is 1. The molecule has 0 aliphatic rings. The summed E-state index contributed by atoms with van der Waals surface area (Å²) >= 11 is 0. The molecule has 0 radical (unpaired) electrons. The van der Waals surface area contributed by atoms with Gasteiger partial charge in [-0.05, 0) is 30.7 Å². The van der Waals surface area contributed by atoms with E-state index in [0.717, 1.165) is 11.3 Å². The number of benzene rings is 1. The van der Waals surface area contributed by atoms with Crippen molar-refractivity contribution < 1.29 is 4.79 Å². The summed E-state index contributed by atoms with van der Waals surface area (Å²) in [7, 11) is 0. The largest absolute Gasteiger partial charge is 0.399 e. The van der Waals surface area contributed by atoms with E-state index in [0.29, 0.717) is 12.2 Å². The second-order valence-electron chi connectivity index (χ2n) is 4.31. The minimum absolute atomic E-state index is 0.0517. The monoisotopic (exact) mass is 256 g/mol. The van der Waals surface area contributed by atoms with Crippen LogP contribution in [-0.4, -0.2) is 15.9 Å². The molecule has 1 heterocycles. The van der Waals surface area contributed by atoms with E-state index in [-0.39, 0.29) is 11.8 Å². The topological polar surface area (TPSA) is 80.9 Å². The number of carbonyl (C=O) groups excluding carboxylic acids is 1. The number of hydrogen-bond acceptors (Lipinski definition) is 4. The molecule has 5 nitrogen and oxygen atoms in total. The highest BCUT2D eigenvalue weighted by Gasteiger charge is 2.14. The lowest BCUT2D eigenvalue weighted by Crippen LogP contribution is -2.27. The van der Waals surface area contributed by atoms with Gasteiger partial charge in [-0.25, -0.2) is 9.97 Å². The first-order valence-electron chi connectivity index (χ1n) is 6.05. The summed E-state index contributed by atoms with van der Waals surface area (Å²) in [5.74, 6) is -0.297. The van der Waals surface area contributed by atoms with Crippen LogP contribution in [0.1, 0.15) is 24.1 Å². The average molecular weight is 256 g/mol. The van der Waals surface area contributed by atoms with Gasteiger partial charge in [0.1, 0.15) is 6.33 Å². The molecule has 0 aliphatic heterocycles. The maximum Gasteiger partial charge on any atom is 0.227 e. The van der Waals surface area contributed by atoms with Gasteiger partial charge in [-0.3, -0.25) is 4.79 Å². The highest BCUT2D eigenvalue weighted by atomic mass is 16.1. The summed E-state index contributed by atoms with van der Waals surface area (Å²) in [5, 5.41) is 2.85. The van der Waals surface area contributed by atoms with Gasteiger partial charge in [0, 0.05) is 11.9 Å². The third-order valence-electron chi connectivity index (χ3n) is 2.89. The second-order valence-corrected chi connectivity index (χ2v) is 4.31. The fraction of sp³-hybridized carbons (Fsp3) is 0.214. The predicted octanol–water partition coefficient (Wildman–Crippen LogP) is 1.48. The number of amides is 1. The Kier molecular flexibility index (Phi) is 4.07. The molecule has 0 aliphatic carbocycles. The first-order valence-corrected chi connectivity index (χ1v) is 6.05. The standard InChI is InChI=1S/C14H16N4O/c1-10(11-3-2-4-12(15)7-11)14(19)17-8-13-5-6-16-9-18-13/h2-7,9-10H,8,15H2,1H3,(H,17,19). The lowest BCUT2D eigenvalue weighted by Gasteiger charge is -2.12. The van der Waals surface area contributed by atoms with Crippen LogP contribution in [0.2, 0.25) is 0 Å². The third-order valence-corrected chi connectivity index (χ3v) is 2.89. The molecule has 5 heteroatoms. The number of nitrogens with two attached hydrogens (primary N) is 1. The molecule has 3 N–H and O–H groups in total. The minimum atomic E-state index is -0.245. The van der Waals surface area contributed by atoms with E-state index in [1.165, 1.54) is 6.33 Å². The lowest BCUT2D eigenvalue weighted by molar-refractivity contribution is -0.122. The number of hydrogen-bond donors (Lipinski definition) is 2. The first kappa shape index (κ1) is 13.0. The Morgan fingerprint density at radius 3 is 2.95 bits per heavy atom. The van der Waals surface area contributed by atoms with Crippen molar-refractivity contribution in [3.63, 3.8) is 0 Å². The number of rotatable bonds is 4. The van der Waals surface area contributed by atoms with Crippen molar-refractivity contribution in [1.82, 2.24) is 15.3 Å². The molecule has 19 heavy (non-hydrogen) atoms. The molecule has 0 saturated carbocycles.